The van der Waals surface area contributed by atoms with Crippen LogP contribution in [0.15, 0.2) is 42.5 Å². The van der Waals surface area contributed by atoms with Crippen LogP contribution in [-0.2, 0) is 13.1 Å². The Kier molecular flexibility index (Phi) is 5.83. The second kappa shape index (κ2) is 7.63. The first-order valence-electron chi connectivity index (χ1n) is 6.92. The molecule has 2 aromatic rings. The average molecular weight is 337 g/mol. The third-order valence-electron chi connectivity index (χ3n) is 3.23. The molecule has 0 aliphatic carbocycles. The number of nitrogens with zero attached hydrogens (tertiary/aromatic N) is 1. The molecular weight excluding hydrogens is 319 g/mol. The summed E-state index contributed by atoms with van der Waals surface area (Å²) in [4.78, 5) is 14.3. The lowest BCUT2D eigenvalue weighted by Crippen LogP contribution is -2.24. The summed E-state index contributed by atoms with van der Waals surface area (Å²) in [5.74, 6) is -0.168. The predicted molar refractivity (Wildman–Crippen MR) is 91.5 cm³/mol. The highest BCUT2D eigenvalue weighted by atomic mass is 35.5. The van der Waals surface area contributed by atoms with Crippen molar-refractivity contribution in [1.29, 1.82) is 0 Å². The Morgan fingerprint density at radius 1 is 1.05 bits per heavy atom. The fourth-order valence-electron chi connectivity index (χ4n) is 2.14. The maximum absolute atomic E-state index is 12.2. The van der Waals surface area contributed by atoms with Gasteiger partial charge >= 0.3 is 0 Å². The Hall–Kier alpha value is -1.55. The van der Waals surface area contributed by atoms with Gasteiger partial charge in [0.05, 0.1) is 10.0 Å². The summed E-state index contributed by atoms with van der Waals surface area (Å²) >= 11 is 11.8. The molecule has 0 heterocycles. The minimum atomic E-state index is -0.168. The van der Waals surface area contributed by atoms with Gasteiger partial charge in [-0.1, -0.05) is 47.5 Å². The molecule has 0 spiro atoms. The third kappa shape index (κ3) is 4.47. The molecule has 3 nitrogen and oxygen atoms in total. The van der Waals surface area contributed by atoms with E-state index in [2.05, 4.69) is 16.3 Å². The predicted octanol–water partition coefficient (Wildman–Crippen LogP) is 3.99. The second-order valence-corrected chi connectivity index (χ2v) is 6.13. The number of carbonyl (C=O) groups excluding carboxylic acids is 1. The summed E-state index contributed by atoms with van der Waals surface area (Å²) in [6, 6.07) is 12.9. The van der Waals surface area contributed by atoms with Gasteiger partial charge in [-0.15, -0.1) is 0 Å². The highest BCUT2D eigenvalue weighted by molar-refractivity contribution is 6.42. The van der Waals surface area contributed by atoms with Crippen molar-refractivity contribution in [1.82, 2.24) is 10.2 Å². The first-order chi connectivity index (χ1) is 10.5. The molecular formula is C17H18Cl2N2O. The van der Waals surface area contributed by atoms with E-state index in [4.69, 9.17) is 23.2 Å². The Morgan fingerprint density at radius 2 is 1.73 bits per heavy atom. The smallest absolute Gasteiger partial charge is 0.251 e. The highest BCUT2D eigenvalue weighted by Crippen LogP contribution is 2.22. The minimum Gasteiger partial charge on any atom is -0.348 e. The van der Waals surface area contributed by atoms with Crippen LogP contribution in [0.2, 0.25) is 10.0 Å². The van der Waals surface area contributed by atoms with Crippen LogP contribution in [-0.4, -0.2) is 24.9 Å². The molecule has 0 radical (unpaired) electrons. The molecule has 0 saturated carbocycles. The lowest BCUT2D eigenvalue weighted by atomic mass is 10.1. The third-order valence-corrected chi connectivity index (χ3v) is 3.97. The standard InChI is InChI=1S/C17H18Cl2N2O/c1-21(2)11-14-6-4-3-5-13(14)10-20-17(22)12-7-8-15(18)16(19)9-12/h3-9H,10-11H2,1-2H3,(H,20,22). The summed E-state index contributed by atoms with van der Waals surface area (Å²) in [6.07, 6.45) is 0. The maximum atomic E-state index is 12.2. The lowest BCUT2D eigenvalue weighted by Gasteiger charge is -2.14. The van der Waals surface area contributed by atoms with Crippen LogP contribution in [0.3, 0.4) is 0 Å². The van der Waals surface area contributed by atoms with Gasteiger partial charge in [0.25, 0.3) is 5.91 Å². The van der Waals surface area contributed by atoms with E-state index in [0.717, 1.165) is 12.1 Å². The van der Waals surface area contributed by atoms with Gasteiger partial charge in [-0.2, -0.15) is 0 Å². The maximum Gasteiger partial charge on any atom is 0.251 e. The zero-order valence-corrected chi connectivity index (χ0v) is 14.1. The van der Waals surface area contributed by atoms with E-state index in [1.165, 1.54) is 5.56 Å². The molecule has 0 aliphatic rings. The number of amides is 1. The van der Waals surface area contributed by atoms with Gasteiger partial charge in [-0.05, 0) is 43.4 Å². The molecule has 0 atom stereocenters. The number of nitrogens with one attached hydrogen (secondary N) is 1. The van der Waals surface area contributed by atoms with Crippen molar-refractivity contribution in [2.24, 2.45) is 0 Å². The molecule has 5 heteroatoms. The normalized spacial score (nSPS) is 10.8. The quantitative estimate of drug-likeness (QED) is 0.895. The SMILES string of the molecule is CN(C)Cc1ccccc1CNC(=O)c1ccc(Cl)c(Cl)c1. The molecule has 2 aromatic carbocycles. The Bertz CT molecular complexity index is 671. The molecule has 22 heavy (non-hydrogen) atoms. The number of benzene rings is 2. The summed E-state index contributed by atoms with van der Waals surface area (Å²) in [7, 11) is 4.04. The molecule has 1 amide bonds. The average Bonchev–Trinajstić information content (AvgIpc) is 2.48. The minimum absolute atomic E-state index is 0.168. The van der Waals surface area contributed by atoms with Crippen LogP contribution in [0.4, 0.5) is 0 Å². The molecule has 1 N–H and O–H groups in total. The lowest BCUT2D eigenvalue weighted by molar-refractivity contribution is 0.0951. The molecule has 0 fully saturated rings. The van der Waals surface area contributed by atoms with Crippen LogP contribution in [0.5, 0.6) is 0 Å². The number of hydrogen-bond acceptors (Lipinski definition) is 2. The van der Waals surface area contributed by atoms with Crippen LogP contribution in [0.25, 0.3) is 0 Å². The summed E-state index contributed by atoms with van der Waals surface area (Å²) in [6.45, 7) is 1.31. The van der Waals surface area contributed by atoms with E-state index < -0.39 is 0 Å². The van der Waals surface area contributed by atoms with Crippen LogP contribution < -0.4 is 5.32 Å². The molecule has 0 aliphatic heterocycles. The fraction of sp³-hybridized carbons (Fsp3) is 0.235. The van der Waals surface area contributed by atoms with Crippen molar-refractivity contribution >= 4 is 29.1 Å². The van der Waals surface area contributed by atoms with E-state index in [-0.39, 0.29) is 5.91 Å². The number of rotatable bonds is 5. The van der Waals surface area contributed by atoms with Gasteiger partial charge in [0.1, 0.15) is 0 Å². The number of carbonyl (C=O) groups is 1. The van der Waals surface area contributed by atoms with Crippen molar-refractivity contribution in [3.8, 4) is 0 Å². The molecule has 0 aromatic heterocycles. The number of hydrogen-bond donors (Lipinski definition) is 1. The van der Waals surface area contributed by atoms with Crippen molar-refractivity contribution in [2.75, 3.05) is 14.1 Å². The van der Waals surface area contributed by atoms with Gasteiger partial charge in [-0.25, -0.2) is 0 Å². The number of halogens is 2. The first-order valence-corrected chi connectivity index (χ1v) is 7.67. The largest absolute Gasteiger partial charge is 0.348 e. The molecule has 116 valence electrons. The van der Waals surface area contributed by atoms with Gasteiger partial charge in [-0.3, -0.25) is 4.79 Å². The van der Waals surface area contributed by atoms with E-state index in [1.54, 1.807) is 18.2 Å². The molecule has 2 rings (SSSR count). The highest BCUT2D eigenvalue weighted by Gasteiger charge is 2.09. The van der Waals surface area contributed by atoms with Gasteiger partial charge in [0.15, 0.2) is 0 Å². The summed E-state index contributed by atoms with van der Waals surface area (Å²) in [5, 5.41) is 3.73. The van der Waals surface area contributed by atoms with E-state index in [1.807, 2.05) is 32.3 Å². The molecule has 0 saturated heterocycles. The van der Waals surface area contributed by atoms with Gasteiger partial charge < -0.3 is 10.2 Å². The van der Waals surface area contributed by atoms with Crippen LogP contribution >= 0.6 is 23.2 Å². The Labute approximate surface area is 140 Å². The van der Waals surface area contributed by atoms with Gasteiger partial charge in [0.2, 0.25) is 0 Å². The van der Waals surface area contributed by atoms with Gasteiger partial charge in [0, 0.05) is 18.7 Å². The van der Waals surface area contributed by atoms with Crippen molar-refractivity contribution < 1.29 is 4.79 Å². The van der Waals surface area contributed by atoms with Crippen molar-refractivity contribution in [3.05, 3.63) is 69.2 Å². The zero-order chi connectivity index (χ0) is 16.1. The monoisotopic (exact) mass is 336 g/mol. The topological polar surface area (TPSA) is 32.3 Å². The Morgan fingerprint density at radius 3 is 2.36 bits per heavy atom. The van der Waals surface area contributed by atoms with E-state index in [0.29, 0.717) is 22.2 Å². The fourth-order valence-corrected chi connectivity index (χ4v) is 2.44. The van der Waals surface area contributed by atoms with Crippen LogP contribution in [0, 0.1) is 0 Å². The van der Waals surface area contributed by atoms with E-state index in [9.17, 15) is 4.79 Å². The second-order valence-electron chi connectivity index (χ2n) is 5.32. The van der Waals surface area contributed by atoms with Crippen molar-refractivity contribution in [2.45, 2.75) is 13.1 Å². The molecule has 0 bridgehead atoms. The summed E-state index contributed by atoms with van der Waals surface area (Å²) < 4.78 is 0. The Balaban J connectivity index is 2.06. The van der Waals surface area contributed by atoms with Crippen molar-refractivity contribution in [3.63, 3.8) is 0 Å². The molecule has 0 unspecified atom stereocenters. The van der Waals surface area contributed by atoms with E-state index >= 15 is 0 Å². The first kappa shape index (κ1) is 16.8. The summed E-state index contributed by atoms with van der Waals surface area (Å²) in [5.41, 5.74) is 2.80. The zero-order valence-electron chi connectivity index (χ0n) is 12.6. The van der Waals surface area contributed by atoms with Crippen LogP contribution in [0.1, 0.15) is 21.5 Å².